The van der Waals surface area contributed by atoms with Gasteiger partial charge in [0.2, 0.25) is 0 Å². The van der Waals surface area contributed by atoms with E-state index in [0.29, 0.717) is 28.3 Å². The summed E-state index contributed by atoms with van der Waals surface area (Å²) in [6.45, 7) is 6.08. The minimum atomic E-state index is -0.818. The molecular formula is C14H23N5OS2. The highest BCUT2D eigenvalue weighted by molar-refractivity contribution is 7.99. The summed E-state index contributed by atoms with van der Waals surface area (Å²) in [5.74, 6) is 1.68. The number of nitrogens with two attached hydrogens (primary N) is 1. The van der Waals surface area contributed by atoms with Gasteiger partial charge in [-0.1, -0.05) is 42.9 Å². The van der Waals surface area contributed by atoms with Crippen molar-refractivity contribution >= 4 is 44.4 Å². The van der Waals surface area contributed by atoms with E-state index in [-0.39, 0.29) is 0 Å². The lowest BCUT2D eigenvalue weighted by atomic mass is 10.1. The van der Waals surface area contributed by atoms with Crippen LogP contribution in [0.2, 0.25) is 0 Å². The molecule has 0 bridgehead atoms. The number of nitrogens with one attached hydrogen (secondary N) is 1. The Morgan fingerprint density at radius 1 is 1.27 bits per heavy atom. The third-order valence-corrected chi connectivity index (χ3v) is 4.73. The van der Waals surface area contributed by atoms with Crippen LogP contribution in [-0.2, 0) is 0 Å². The highest BCUT2D eigenvalue weighted by atomic mass is 32.2. The second-order valence-electron chi connectivity index (χ2n) is 5.78. The van der Waals surface area contributed by atoms with Gasteiger partial charge < -0.3 is 16.2 Å². The summed E-state index contributed by atoms with van der Waals surface area (Å²) in [6.07, 6.45) is 3.55. The number of nitrogens with zero attached hydrogens (tertiary/aromatic N) is 3. The summed E-state index contributed by atoms with van der Waals surface area (Å²) in [5.41, 5.74) is 5.59. The molecule has 0 saturated heterocycles. The zero-order valence-corrected chi connectivity index (χ0v) is 14.9. The van der Waals surface area contributed by atoms with Gasteiger partial charge in [0.05, 0.1) is 5.60 Å². The van der Waals surface area contributed by atoms with Gasteiger partial charge in [0.15, 0.2) is 21.8 Å². The van der Waals surface area contributed by atoms with Crippen LogP contribution < -0.4 is 11.1 Å². The average Bonchev–Trinajstić information content (AvgIpc) is 2.80. The van der Waals surface area contributed by atoms with Gasteiger partial charge >= 0.3 is 0 Å². The molecule has 2 aromatic rings. The number of hydrogen-bond donors (Lipinski definition) is 3. The Labute approximate surface area is 139 Å². The van der Waals surface area contributed by atoms with Crippen LogP contribution >= 0.6 is 23.1 Å². The van der Waals surface area contributed by atoms with Gasteiger partial charge in [-0.15, -0.1) is 0 Å². The lowest BCUT2D eigenvalue weighted by molar-refractivity contribution is 0.0944. The standard InChI is InChI=1S/C14H23N5OS2/c1-4-5-6-7-21-13-18-10(16-8-14(2,3)20)9-11(19-13)17-12(15)22-9/h20H,4-8H2,1-3H3,(H3,15,16,17,18,19). The number of fused-ring (bicyclic) bond motifs is 1. The smallest absolute Gasteiger partial charge is 0.191 e. The minimum absolute atomic E-state index is 0.400. The molecule has 2 rings (SSSR count). The van der Waals surface area contributed by atoms with Crippen LogP contribution in [0.3, 0.4) is 0 Å². The molecule has 0 aromatic carbocycles. The van der Waals surface area contributed by atoms with E-state index in [2.05, 4.69) is 27.2 Å². The molecule has 0 radical (unpaired) electrons. The number of thiazole rings is 1. The molecule has 0 fully saturated rings. The summed E-state index contributed by atoms with van der Waals surface area (Å²) in [6, 6.07) is 0. The molecule has 2 heterocycles. The van der Waals surface area contributed by atoms with Crippen molar-refractivity contribution in [3.05, 3.63) is 0 Å². The van der Waals surface area contributed by atoms with Gasteiger partial charge in [0, 0.05) is 12.3 Å². The van der Waals surface area contributed by atoms with Crippen molar-refractivity contribution in [2.45, 2.75) is 50.8 Å². The van der Waals surface area contributed by atoms with Crippen LogP contribution in [0.1, 0.15) is 40.0 Å². The minimum Gasteiger partial charge on any atom is -0.389 e. The summed E-state index contributed by atoms with van der Waals surface area (Å²) in [5, 5.41) is 14.2. The normalized spacial score (nSPS) is 12.0. The number of nitrogen functional groups attached to an aromatic ring is 1. The first-order valence-electron chi connectivity index (χ1n) is 7.42. The van der Waals surface area contributed by atoms with Gasteiger partial charge in [-0.3, -0.25) is 0 Å². The largest absolute Gasteiger partial charge is 0.389 e. The van der Waals surface area contributed by atoms with E-state index in [1.165, 1.54) is 24.2 Å². The highest BCUT2D eigenvalue weighted by Crippen LogP contribution is 2.31. The number of aromatic nitrogens is 3. The third kappa shape index (κ3) is 4.96. The molecule has 8 heteroatoms. The monoisotopic (exact) mass is 341 g/mol. The van der Waals surface area contributed by atoms with Crippen molar-refractivity contribution < 1.29 is 5.11 Å². The number of anilines is 2. The summed E-state index contributed by atoms with van der Waals surface area (Å²) in [7, 11) is 0. The van der Waals surface area contributed by atoms with E-state index < -0.39 is 5.60 Å². The van der Waals surface area contributed by atoms with Gasteiger partial charge in [-0.2, -0.15) is 0 Å². The fraction of sp³-hybridized carbons (Fsp3) is 0.643. The topological polar surface area (TPSA) is 97.0 Å². The molecule has 6 nitrogen and oxygen atoms in total. The van der Waals surface area contributed by atoms with E-state index in [4.69, 9.17) is 5.73 Å². The molecule has 0 spiro atoms. The van der Waals surface area contributed by atoms with Crippen molar-refractivity contribution in [2.24, 2.45) is 0 Å². The van der Waals surface area contributed by atoms with Crippen molar-refractivity contribution in [1.29, 1.82) is 0 Å². The summed E-state index contributed by atoms with van der Waals surface area (Å²) < 4.78 is 0.833. The second-order valence-corrected chi connectivity index (χ2v) is 7.87. The first kappa shape index (κ1) is 17.2. The molecule has 2 aromatic heterocycles. The molecule has 4 N–H and O–H groups in total. The highest BCUT2D eigenvalue weighted by Gasteiger charge is 2.16. The molecule has 0 aliphatic rings. The van der Waals surface area contributed by atoms with E-state index in [1.54, 1.807) is 25.6 Å². The van der Waals surface area contributed by atoms with Crippen LogP contribution in [0.25, 0.3) is 10.3 Å². The van der Waals surface area contributed by atoms with Crippen molar-refractivity contribution in [3.63, 3.8) is 0 Å². The molecule has 0 aliphatic heterocycles. The number of aliphatic hydroxyl groups is 1. The Kier molecular flexibility index (Phi) is 5.82. The number of rotatable bonds is 8. The molecule has 0 saturated carbocycles. The lowest BCUT2D eigenvalue weighted by Gasteiger charge is -2.18. The van der Waals surface area contributed by atoms with Crippen LogP contribution in [0.5, 0.6) is 0 Å². The van der Waals surface area contributed by atoms with Crippen LogP contribution in [0.15, 0.2) is 5.16 Å². The third-order valence-electron chi connectivity index (χ3n) is 2.92. The molecule has 0 unspecified atom stereocenters. The van der Waals surface area contributed by atoms with Crippen LogP contribution in [0.4, 0.5) is 10.9 Å². The molecule has 0 amide bonds. The number of hydrogen-bond acceptors (Lipinski definition) is 8. The van der Waals surface area contributed by atoms with Crippen LogP contribution in [-0.4, -0.2) is 38.0 Å². The number of unbranched alkanes of at least 4 members (excludes halogenated alkanes) is 2. The Morgan fingerprint density at radius 2 is 2.05 bits per heavy atom. The number of thioether (sulfide) groups is 1. The zero-order chi connectivity index (χ0) is 16.2. The maximum Gasteiger partial charge on any atom is 0.191 e. The fourth-order valence-electron chi connectivity index (χ4n) is 1.82. The second kappa shape index (κ2) is 7.43. The van der Waals surface area contributed by atoms with Crippen molar-refractivity contribution in [2.75, 3.05) is 23.3 Å². The van der Waals surface area contributed by atoms with Crippen molar-refractivity contribution in [3.8, 4) is 0 Å². The Morgan fingerprint density at radius 3 is 2.73 bits per heavy atom. The lowest BCUT2D eigenvalue weighted by Crippen LogP contribution is -2.29. The van der Waals surface area contributed by atoms with Gasteiger partial charge in [-0.05, 0) is 20.3 Å². The summed E-state index contributed by atoms with van der Waals surface area (Å²) >= 11 is 2.99. The molecule has 122 valence electrons. The van der Waals surface area contributed by atoms with Crippen molar-refractivity contribution in [1.82, 2.24) is 15.0 Å². The SMILES string of the molecule is CCCCCSc1nc(NCC(C)(C)O)c2sc(N)nc2n1. The zero-order valence-electron chi connectivity index (χ0n) is 13.2. The Hall–Kier alpha value is -1.12. The predicted octanol–water partition coefficient (Wildman–Crippen LogP) is 3.13. The summed E-state index contributed by atoms with van der Waals surface area (Å²) in [4.78, 5) is 13.3. The quantitative estimate of drug-likeness (QED) is 0.385. The van der Waals surface area contributed by atoms with E-state index >= 15 is 0 Å². The molecule has 0 aliphatic carbocycles. The maximum absolute atomic E-state index is 9.88. The molecular weight excluding hydrogens is 318 g/mol. The maximum atomic E-state index is 9.88. The Bertz CT molecular complexity index is 623. The van der Waals surface area contributed by atoms with Gasteiger partial charge in [0.25, 0.3) is 0 Å². The molecule has 22 heavy (non-hydrogen) atoms. The van der Waals surface area contributed by atoms with Gasteiger partial charge in [0.1, 0.15) is 4.70 Å². The van der Waals surface area contributed by atoms with E-state index in [0.717, 1.165) is 16.9 Å². The predicted molar refractivity (Wildman–Crippen MR) is 94.7 cm³/mol. The first-order valence-corrected chi connectivity index (χ1v) is 9.22. The van der Waals surface area contributed by atoms with Gasteiger partial charge in [-0.25, -0.2) is 15.0 Å². The van der Waals surface area contributed by atoms with Crippen LogP contribution in [0, 0.1) is 0 Å². The van der Waals surface area contributed by atoms with E-state index in [9.17, 15) is 5.11 Å². The molecule has 0 atom stereocenters. The first-order chi connectivity index (χ1) is 10.4. The fourth-order valence-corrected chi connectivity index (χ4v) is 3.40. The van der Waals surface area contributed by atoms with E-state index in [1.807, 2.05) is 0 Å². The average molecular weight is 342 g/mol. The Balaban J connectivity index is 2.19.